The van der Waals surface area contributed by atoms with Gasteiger partial charge in [0.05, 0.1) is 25.7 Å². The lowest BCUT2D eigenvalue weighted by atomic mass is 9.87. The monoisotopic (exact) mass is 368 g/mol. The van der Waals surface area contributed by atoms with E-state index in [0.717, 1.165) is 31.8 Å². The van der Waals surface area contributed by atoms with Gasteiger partial charge < -0.3 is 14.7 Å². The van der Waals surface area contributed by atoms with E-state index in [-0.39, 0.29) is 24.4 Å². The van der Waals surface area contributed by atoms with Gasteiger partial charge in [-0.3, -0.25) is 9.79 Å². The Hall–Kier alpha value is -1.10. The van der Waals surface area contributed by atoms with Crippen molar-refractivity contribution in [3.63, 3.8) is 0 Å². The van der Waals surface area contributed by atoms with Gasteiger partial charge in [0.2, 0.25) is 0 Å². The number of aliphatic hydroxyl groups excluding tert-OH is 1. The molecule has 1 aliphatic rings. The number of nitrogens with zero attached hydrogens (tertiary/aromatic N) is 2. The third-order valence-corrected chi connectivity index (χ3v) is 5.30. The van der Waals surface area contributed by atoms with Crippen LogP contribution in [0.2, 0.25) is 0 Å². The first-order valence-electron chi connectivity index (χ1n) is 10.7. The number of ether oxygens (including phenoxy) is 1. The Balaban J connectivity index is 2.52. The number of β-amino-alcohol motifs (C(OH)–C–C–N with tert-alkyl or cyclic N) is 1. The number of esters is 1. The molecule has 0 aromatic rings. The Morgan fingerprint density at radius 3 is 2.42 bits per heavy atom. The van der Waals surface area contributed by atoms with Crippen LogP contribution in [0, 0.1) is 11.8 Å². The zero-order chi connectivity index (χ0) is 19.2. The molecule has 2 unspecified atom stereocenters. The summed E-state index contributed by atoms with van der Waals surface area (Å²) in [5.74, 6) is 0.791. The van der Waals surface area contributed by atoms with Crippen LogP contribution in [0.3, 0.4) is 0 Å². The van der Waals surface area contributed by atoms with Crippen LogP contribution in [0.1, 0.15) is 78.6 Å². The molecule has 0 saturated carbocycles. The molecule has 1 heterocycles. The number of aliphatic imine (C=N–C) groups is 1. The number of carbonyl (C=O) groups is 1. The van der Waals surface area contributed by atoms with Crippen molar-refractivity contribution in [1.29, 1.82) is 0 Å². The summed E-state index contributed by atoms with van der Waals surface area (Å²) in [6.45, 7) is 8.81. The van der Waals surface area contributed by atoms with Gasteiger partial charge in [0.25, 0.3) is 0 Å². The molecule has 5 nitrogen and oxygen atoms in total. The van der Waals surface area contributed by atoms with Crippen LogP contribution >= 0.6 is 0 Å². The SMILES string of the molecule is CCCCCCCCCCC(C1=NCCN1CCO)C(C)C(=O)OCC. The first-order chi connectivity index (χ1) is 12.7. The highest BCUT2D eigenvalue weighted by molar-refractivity contribution is 5.90. The zero-order valence-corrected chi connectivity index (χ0v) is 17.2. The first kappa shape index (κ1) is 22.9. The van der Waals surface area contributed by atoms with Crippen molar-refractivity contribution in [2.45, 2.75) is 78.6 Å². The largest absolute Gasteiger partial charge is 0.466 e. The molecule has 0 spiro atoms. The molecule has 1 aliphatic heterocycles. The lowest BCUT2D eigenvalue weighted by Gasteiger charge is -2.29. The van der Waals surface area contributed by atoms with Gasteiger partial charge in [-0.1, -0.05) is 65.2 Å². The highest BCUT2D eigenvalue weighted by Crippen LogP contribution is 2.26. The van der Waals surface area contributed by atoms with Crippen molar-refractivity contribution in [3.8, 4) is 0 Å². The van der Waals surface area contributed by atoms with Crippen LogP contribution in [0.5, 0.6) is 0 Å². The van der Waals surface area contributed by atoms with E-state index in [1.807, 2.05) is 13.8 Å². The average molecular weight is 369 g/mol. The van der Waals surface area contributed by atoms with Gasteiger partial charge in [0.15, 0.2) is 0 Å². The van der Waals surface area contributed by atoms with E-state index in [0.29, 0.717) is 13.2 Å². The summed E-state index contributed by atoms with van der Waals surface area (Å²) < 4.78 is 5.26. The van der Waals surface area contributed by atoms with Crippen molar-refractivity contribution in [2.75, 3.05) is 32.8 Å². The Morgan fingerprint density at radius 1 is 1.15 bits per heavy atom. The number of hydrogen-bond acceptors (Lipinski definition) is 5. The Labute approximate surface area is 160 Å². The zero-order valence-electron chi connectivity index (χ0n) is 17.2. The maximum absolute atomic E-state index is 12.3. The highest BCUT2D eigenvalue weighted by Gasteiger charge is 2.33. The molecule has 5 heteroatoms. The lowest BCUT2D eigenvalue weighted by Crippen LogP contribution is -2.40. The van der Waals surface area contributed by atoms with Gasteiger partial charge in [-0.2, -0.15) is 0 Å². The van der Waals surface area contributed by atoms with E-state index in [1.54, 1.807) is 0 Å². The van der Waals surface area contributed by atoms with Gasteiger partial charge in [-0.25, -0.2) is 0 Å². The highest BCUT2D eigenvalue weighted by atomic mass is 16.5. The van der Waals surface area contributed by atoms with E-state index in [9.17, 15) is 9.90 Å². The summed E-state index contributed by atoms with van der Waals surface area (Å²) in [7, 11) is 0. The van der Waals surface area contributed by atoms with Crippen LogP contribution in [0.25, 0.3) is 0 Å². The molecule has 0 saturated heterocycles. The van der Waals surface area contributed by atoms with Crippen molar-refractivity contribution < 1.29 is 14.6 Å². The van der Waals surface area contributed by atoms with Crippen molar-refractivity contribution in [2.24, 2.45) is 16.8 Å². The summed E-state index contributed by atoms with van der Waals surface area (Å²) in [6.07, 6.45) is 11.2. The van der Waals surface area contributed by atoms with Crippen molar-refractivity contribution in [3.05, 3.63) is 0 Å². The molecule has 152 valence electrons. The molecule has 1 N–H and O–H groups in total. The fourth-order valence-corrected chi connectivity index (χ4v) is 3.74. The minimum atomic E-state index is -0.183. The van der Waals surface area contributed by atoms with Crippen LogP contribution < -0.4 is 0 Å². The number of hydrogen-bond donors (Lipinski definition) is 1. The fraction of sp³-hybridized carbons (Fsp3) is 0.905. The second kappa shape index (κ2) is 14.0. The molecule has 0 fully saturated rings. The molecular weight excluding hydrogens is 328 g/mol. The predicted octanol–water partition coefficient (Wildman–Crippen LogP) is 4.04. The number of amidine groups is 1. The van der Waals surface area contributed by atoms with E-state index >= 15 is 0 Å². The first-order valence-corrected chi connectivity index (χ1v) is 10.7. The molecule has 26 heavy (non-hydrogen) atoms. The summed E-state index contributed by atoms with van der Waals surface area (Å²) in [5, 5.41) is 9.30. The molecule has 0 aromatic carbocycles. The maximum Gasteiger partial charge on any atom is 0.309 e. The fourth-order valence-electron chi connectivity index (χ4n) is 3.74. The van der Waals surface area contributed by atoms with Crippen molar-refractivity contribution in [1.82, 2.24) is 4.90 Å². The Bertz CT molecular complexity index is 412. The summed E-state index contributed by atoms with van der Waals surface area (Å²) in [4.78, 5) is 19.1. The molecule has 0 aromatic heterocycles. The quantitative estimate of drug-likeness (QED) is 0.350. The number of unbranched alkanes of at least 4 members (excludes halogenated alkanes) is 7. The third-order valence-electron chi connectivity index (χ3n) is 5.30. The number of aliphatic hydroxyl groups is 1. The van der Waals surface area contributed by atoms with E-state index < -0.39 is 0 Å². The lowest BCUT2D eigenvalue weighted by molar-refractivity contribution is -0.148. The minimum absolute atomic E-state index is 0.100. The predicted molar refractivity (Wildman–Crippen MR) is 107 cm³/mol. The Kier molecular flexibility index (Phi) is 12.4. The Morgan fingerprint density at radius 2 is 1.81 bits per heavy atom. The molecule has 1 rings (SSSR count). The maximum atomic E-state index is 12.3. The van der Waals surface area contributed by atoms with Gasteiger partial charge in [0, 0.05) is 19.0 Å². The van der Waals surface area contributed by atoms with Crippen LogP contribution in [-0.2, 0) is 9.53 Å². The summed E-state index contributed by atoms with van der Waals surface area (Å²) in [5.41, 5.74) is 0. The molecule has 0 radical (unpaired) electrons. The molecule has 0 amide bonds. The topological polar surface area (TPSA) is 62.1 Å². The molecule has 0 bridgehead atoms. The van der Waals surface area contributed by atoms with E-state index in [4.69, 9.17) is 4.74 Å². The smallest absolute Gasteiger partial charge is 0.309 e. The van der Waals surface area contributed by atoms with Gasteiger partial charge >= 0.3 is 5.97 Å². The standard InChI is InChI=1S/C21H40N2O3/c1-4-6-7-8-9-10-11-12-13-19(18(3)21(25)26-5-2)20-22-14-15-23(20)16-17-24/h18-19,24H,4-17H2,1-3H3. The molecule has 0 aliphatic carbocycles. The van der Waals surface area contributed by atoms with Gasteiger partial charge in [-0.15, -0.1) is 0 Å². The van der Waals surface area contributed by atoms with Crippen molar-refractivity contribution >= 4 is 11.8 Å². The molecule has 2 atom stereocenters. The van der Waals surface area contributed by atoms with Crippen LogP contribution in [0.15, 0.2) is 4.99 Å². The van der Waals surface area contributed by atoms with E-state index in [2.05, 4.69) is 16.8 Å². The summed E-state index contributed by atoms with van der Waals surface area (Å²) >= 11 is 0. The summed E-state index contributed by atoms with van der Waals surface area (Å²) in [6, 6.07) is 0. The van der Waals surface area contributed by atoms with E-state index in [1.165, 1.54) is 44.9 Å². The average Bonchev–Trinajstić information content (AvgIpc) is 3.08. The molecular formula is C21H40N2O3. The number of rotatable bonds is 15. The van der Waals surface area contributed by atoms with Gasteiger partial charge in [0.1, 0.15) is 5.84 Å². The van der Waals surface area contributed by atoms with Gasteiger partial charge in [-0.05, 0) is 13.3 Å². The third kappa shape index (κ3) is 8.07. The number of carbonyl (C=O) groups excluding carboxylic acids is 1. The normalized spacial score (nSPS) is 16.5. The second-order valence-corrected chi connectivity index (χ2v) is 7.36. The second-order valence-electron chi connectivity index (χ2n) is 7.36. The minimum Gasteiger partial charge on any atom is -0.466 e. The van der Waals surface area contributed by atoms with Crippen LogP contribution in [0.4, 0.5) is 0 Å². The van der Waals surface area contributed by atoms with Crippen LogP contribution in [-0.4, -0.2) is 54.7 Å².